The van der Waals surface area contributed by atoms with Crippen LogP contribution in [-0.2, 0) is 4.74 Å². The predicted octanol–water partition coefficient (Wildman–Crippen LogP) is 3.04. The third kappa shape index (κ3) is 2.62. The van der Waals surface area contributed by atoms with Crippen LogP contribution in [0.5, 0.6) is 0 Å². The predicted molar refractivity (Wildman–Crippen MR) is 79.2 cm³/mol. The van der Waals surface area contributed by atoms with Crippen LogP contribution in [0.3, 0.4) is 0 Å². The van der Waals surface area contributed by atoms with E-state index >= 15 is 0 Å². The molecular formula is C16H19FN2O. The fraction of sp³-hybridized carbons (Fsp3) is 0.375. The summed E-state index contributed by atoms with van der Waals surface area (Å²) in [5.41, 5.74) is 3.41. The highest BCUT2D eigenvalue weighted by molar-refractivity contribution is 5.92. The molecule has 0 aliphatic carbocycles. The van der Waals surface area contributed by atoms with Gasteiger partial charge in [0, 0.05) is 49.4 Å². The Hall–Kier alpha value is -1.65. The second-order valence-corrected chi connectivity index (χ2v) is 5.17. The minimum atomic E-state index is -0.200. The van der Waals surface area contributed by atoms with Crippen molar-refractivity contribution < 1.29 is 9.13 Å². The first-order chi connectivity index (χ1) is 9.78. The van der Waals surface area contributed by atoms with Crippen molar-refractivity contribution in [2.75, 3.05) is 33.4 Å². The summed E-state index contributed by atoms with van der Waals surface area (Å²) in [4.78, 5) is 5.53. The minimum absolute atomic E-state index is 0.200. The average molecular weight is 274 g/mol. The topological polar surface area (TPSA) is 28.3 Å². The molecule has 0 saturated carbocycles. The van der Waals surface area contributed by atoms with Gasteiger partial charge < -0.3 is 9.72 Å². The van der Waals surface area contributed by atoms with Gasteiger partial charge >= 0.3 is 0 Å². The van der Waals surface area contributed by atoms with Crippen molar-refractivity contribution in [1.29, 1.82) is 0 Å². The maximum Gasteiger partial charge on any atom is 0.125 e. The number of ether oxygens (including phenoxy) is 1. The van der Waals surface area contributed by atoms with Crippen LogP contribution in [0.1, 0.15) is 12.0 Å². The number of rotatable bonds is 4. The Morgan fingerprint density at radius 1 is 1.40 bits per heavy atom. The highest BCUT2D eigenvalue weighted by Crippen LogP contribution is 2.29. The Labute approximate surface area is 118 Å². The van der Waals surface area contributed by atoms with Crippen molar-refractivity contribution in [3.05, 3.63) is 41.9 Å². The first kappa shape index (κ1) is 13.3. The molecule has 3 nitrogen and oxygen atoms in total. The number of hydrogen-bond donors (Lipinski definition) is 1. The van der Waals surface area contributed by atoms with Gasteiger partial charge in [0.15, 0.2) is 0 Å². The van der Waals surface area contributed by atoms with Gasteiger partial charge in [-0.1, -0.05) is 6.08 Å². The number of nitrogens with one attached hydrogen (secondary N) is 1. The number of aromatic nitrogens is 1. The van der Waals surface area contributed by atoms with Crippen LogP contribution in [-0.4, -0.2) is 43.2 Å². The Balaban J connectivity index is 1.80. The van der Waals surface area contributed by atoms with Gasteiger partial charge in [-0.3, -0.25) is 4.90 Å². The first-order valence-corrected chi connectivity index (χ1v) is 6.95. The van der Waals surface area contributed by atoms with Gasteiger partial charge in [-0.25, -0.2) is 4.39 Å². The van der Waals surface area contributed by atoms with E-state index in [1.54, 1.807) is 13.2 Å². The molecule has 0 unspecified atom stereocenters. The molecule has 1 aromatic heterocycles. The SMILES string of the molecule is COCCN1CC=C(c2c[nH]c3cc(F)ccc23)CC1. The molecule has 2 heterocycles. The van der Waals surface area contributed by atoms with Crippen LogP contribution in [0.25, 0.3) is 16.5 Å². The molecule has 0 radical (unpaired) electrons. The van der Waals surface area contributed by atoms with Gasteiger partial charge in [0.25, 0.3) is 0 Å². The molecule has 0 amide bonds. The Morgan fingerprint density at radius 3 is 3.05 bits per heavy atom. The molecule has 4 heteroatoms. The highest BCUT2D eigenvalue weighted by atomic mass is 19.1. The molecule has 0 bridgehead atoms. The second-order valence-electron chi connectivity index (χ2n) is 5.17. The van der Waals surface area contributed by atoms with Crippen LogP contribution in [0.2, 0.25) is 0 Å². The van der Waals surface area contributed by atoms with E-state index in [-0.39, 0.29) is 5.82 Å². The molecule has 2 aromatic rings. The molecule has 3 rings (SSSR count). The molecule has 0 saturated heterocycles. The normalized spacial score (nSPS) is 16.6. The molecule has 20 heavy (non-hydrogen) atoms. The zero-order valence-electron chi connectivity index (χ0n) is 11.7. The Morgan fingerprint density at radius 2 is 2.30 bits per heavy atom. The van der Waals surface area contributed by atoms with Crippen molar-refractivity contribution in [3.8, 4) is 0 Å². The largest absolute Gasteiger partial charge is 0.383 e. The van der Waals surface area contributed by atoms with Gasteiger partial charge in [0.1, 0.15) is 5.82 Å². The number of benzene rings is 1. The second kappa shape index (κ2) is 5.77. The summed E-state index contributed by atoms with van der Waals surface area (Å²) in [6.45, 7) is 3.74. The summed E-state index contributed by atoms with van der Waals surface area (Å²) in [6.07, 6.45) is 5.28. The number of hydrogen-bond acceptors (Lipinski definition) is 2. The standard InChI is InChI=1S/C16H19FN2O/c1-20-9-8-19-6-4-12(5-7-19)15-11-18-16-10-13(17)2-3-14(15)16/h2-4,10-11,18H,5-9H2,1H3. The van der Waals surface area contributed by atoms with E-state index in [2.05, 4.69) is 16.0 Å². The zero-order valence-corrected chi connectivity index (χ0v) is 11.7. The van der Waals surface area contributed by atoms with Gasteiger partial charge in [-0.15, -0.1) is 0 Å². The summed E-state index contributed by atoms with van der Waals surface area (Å²) in [6, 6.07) is 4.93. The molecule has 0 spiro atoms. The van der Waals surface area contributed by atoms with Crippen molar-refractivity contribution in [1.82, 2.24) is 9.88 Å². The third-order valence-corrected chi connectivity index (χ3v) is 3.89. The molecule has 106 valence electrons. The maximum atomic E-state index is 13.2. The Bertz CT molecular complexity index is 632. The van der Waals surface area contributed by atoms with E-state index in [0.29, 0.717) is 0 Å². The fourth-order valence-corrected chi connectivity index (χ4v) is 2.74. The monoisotopic (exact) mass is 274 g/mol. The van der Waals surface area contributed by atoms with E-state index in [1.165, 1.54) is 17.2 Å². The van der Waals surface area contributed by atoms with Crippen LogP contribution in [0.4, 0.5) is 4.39 Å². The molecule has 0 fully saturated rings. The summed E-state index contributed by atoms with van der Waals surface area (Å²) < 4.78 is 18.3. The summed E-state index contributed by atoms with van der Waals surface area (Å²) >= 11 is 0. The highest BCUT2D eigenvalue weighted by Gasteiger charge is 2.15. The van der Waals surface area contributed by atoms with Gasteiger partial charge in [0.2, 0.25) is 0 Å². The van der Waals surface area contributed by atoms with Gasteiger partial charge in [0.05, 0.1) is 6.61 Å². The summed E-state index contributed by atoms with van der Waals surface area (Å²) in [7, 11) is 1.73. The smallest absolute Gasteiger partial charge is 0.125 e. The lowest BCUT2D eigenvalue weighted by Crippen LogP contribution is -2.31. The van der Waals surface area contributed by atoms with Crippen molar-refractivity contribution in [2.45, 2.75) is 6.42 Å². The molecule has 1 aliphatic rings. The lowest BCUT2D eigenvalue weighted by Gasteiger charge is -2.25. The third-order valence-electron chi connectivity index (χ3n) is 3.89. The zero-order chi connectivity index (χ0) is 13.9. The Kier molecular flexibility index (Phi) is 3.85. The van der Waals surface area contributed by atoms with Crippen molar-refractivity contribution >= 4 is 16.5 Å². The van der Waals surface area contributed by atoms with Crippen LogP contribution in [0.15, 0.2) is 30.5 Å². The van der Waals surface area contributed by atoms with Crippen LogP contribution < -0.4 is 0 Å². The van der Waals surface area contributed by atoms with E-state index in [0.717, 1.165) is 43.6 Å². The number of nitrogens with zero attached hydrogens (tertiary/aromatic N) is 1. The molecule has 1 aliphatic heterocycles. The molecule has 0 atom stereocenters. The first-order valence-electron chi connectivity index (χ1n) is 6.95. The fourth-order valence-electron chi connectivity index (χ4n) is 2.74. The number of H-pyrrole nitrogens is 1. The molecular weight excluding hydrogens is 255 g/mol. The molecule has 1 aromatic carbocycles. The summed E-state index contributed by atoms with van der Waals surface area (Å²) in [5.74, 6) is -0.200. The lowest BCUT2D eigenvalue weighted by atomic mass is 9.99. The number of aromatic amines is 1. The van der Waals surface area contributed by atoms with Crippen molar-refractivity contribution in [3.63, 3.8) is 0 Å². The van der Waals surface area contributed by atoms with E-state index in [4.69, 9.17) is 4.74 Å². The average Bonchev–Trinajstić information content (AvgIpc) is 2.88. The van der Waals surface area contributed by atoms with Gasteiger partial charge in [-0.2, -0.15) is 0 Å². The van der Waals surface area contributed by atoms with Crippen LogP contribution in [0, 0.1) is 5.82 Å². The maximum absolute atomic E-state index is 13.2. The minimum Gasteiger partial charge on any atom is -0.383 e. The quantitative estimate of drug-likeness (QED) is 0.928. The summed E-state index contributed by atoms with van der Waals surface area (Å²) in [5, 5.41) is 1.10. The van der Waals surface area contributed by atoms with E-state index < -0.39 is 0 Å². The number of methoxy groups -OCH3 is 1. The number of fused-ring (bicyclic) bond motifs is 1. The van der Waals surface area contributed by atoms with Crippen molar-refractivity contribution in [2.24, 2.45) is 0 Å². The van der Waals surface area contributed by atoms with E-state index in [1.807, 2.05) is 12.3 Å². The lowest BCUT2D eigenvalue weighted by molar-refractivity contribution is 0.154. The van der Waals surface area contributed by atoms with Crippen LogP contribution >= 0.6 is 0 Å². The molecule has 1 N–H and O–H groups in total. The van der Waals surface area contributed by atoms with E-state index in [9.17, 15) is 4.39 Å². The number of halogens is 1. The van der Waals surface area contributed by atoms with Gasteiger partial charge in [-0.05, 0) is 30.2 Å².